The fraction of sp³-hybridized carbons (Fsp3) is 0.458. The minimum absolute atomic E-state index is 0. The fourth-order valence-electron chi connectivity index (χ4n) is 5.02. The number of rotatable bonds is 5. The monoisotopic (exact) mass is 525 g/mol. The van der Waals surface area contributed by atoms with Gasteiger partial charge in [0.2, 0.25) is 5.91 Å². The number of piperidine rings is 1. The second-order valence-corrected chi connectivity index (χ2v) is 9.35. The molecular formula is C24H30Cl3N5O2. The molecule has 184 valence electrons. The van der Waals surface area contributed by atoms with Crippen LogP contribution in [-0.2, 0) is 16.0 Å². The fourth-order valence-corrected chi connectivity index (χ4v) is 5.18. The van der Waals surface area contributed by atoms with Crippen LogP contribution < -0.4 is 5.32 Å². The summed E-state index contributed by atoms with van der Waals surface area (Å²) in [6, 6.07) is 9.90. The summed E-state index contributed by atoms with van der Waals surface area (Å²) in [6.07, 6.45) is 7.45. The second-order valence-electron chi connectivity index (χ2n) is 8.91. The van der Waals surface area contributed by atoms with Gasteiger partial charge in [-0.1, -0.05) is 17.7 Å². The Hall–Kier alpha value is -1.90. The van der Waals surface area contributed by atoms with Crippen molar-refractivity contribution in [3.8, 4) is 11.4 Å². The number of carbonyl (C=O) groups excluding carboxylic acids is 1. The number of imidazole rings is 1. The van der Waals surface area contributed by atoms with Crippen molar-refractivity contribution in [2.75, 3.05) is 33.3 Å². The van der Waals surface area contributed by atoms with Crippen LogP contribution in [0.25, 0.3) is 17.0 Å². The van der Waals surface area contributed by atoms with Crippen LogP contribution in [0.15, 0.2) is 42.7 Å². The van der Waals surface area contributed by atoms with E-state index in [-0.39, 0.29) is 36.3 Å². The number of fused-ring (bicyclic) bond motifs is 1. The van der Waals surface area contributed by atoms with Crippen molar-refractivity contribution in [2.24, 2.45) is 5.92 Å². The van der Waals surface area contributed by atoms with Gasteiger partial charge in [-0.2, -0.15) is 0 Å². The molecule has 1 unspecified atom stereocenters. The summed E-state index contributed by atoms with van der Waals surface area (Å²) in [6.45, 7) is 2.70. The van der Waals surface area contributed by atoms with Crippen LogP contribution in [-0.4, -0.2) is 64.1 Å². The number of hydrogen-bond acceptors (Lipinski definition) is 5. The number of likely N-dealkylation sites (tertiary alicyclic amines) is 1. The molecule has 2 aliphatic heterocycles. The van der Waals surface area contributed by atoms with E-state index in [0.29, 0.717) is 17.5 Å². The number of aromatic nitrogens is 3. The molecule has 2 aliphatic rings. The van der Waals surface area contributed by atoms with E-state index in [1.54, 1.807) is 0 Å². The summed E-state index contributed by atoms with van der Waals surface area (Å²) < 4.78 is 8.29. The van der Waals surface area contributed by atoms with Crippen molar-refractivity contribution in [2.45, 2.75) is 31.3 Å². The molecule has 0 saturated carbocycles. The highest BCUT2D eigenvalue weighted by molar-refractivity contribution is 6.30. The molecule has 3 aromatic rings. The van der Waals surface area contributed by atoms with Crippen molar-refractivity contribution in [3.05, 3.63) is 53.4 Å². The van der Waals surface area contributed by atoms with Crippen molar-refractivity contribution < 1.29 is 9.53 Å². The first-order valence-electron chi connectivity index (χ1n) is 11.2. The lowest BCUT2D eigenvalue weighted by Crippen LogP contribution is -2.48. The van der Waals surface area contributed by atoms with Crippen LogP contribution in [0.3, 0.4) is 0 Å². The van der Waals surface area contributed by atoms with Crippen molar-refractivity contribution in [3.63, 3.8) is 0 Å². The third kappa shape index (κ3) is 5.50. The Labute approximate surface area is 217 Å². The predicted octanol–water partition coefficient (Wildman–Crippen LogP) is 4.05. The zero-order valence-corrected chi connectivity index (χ0v) is 21.5. The Kier molecular flexibility index (Phi) is 8.82. The Bertz CT molecular complexity index is 1130. The molecule has 1 amide bonds. The van der Waals surface area contributed by atoms with Gasteiger partial charge in [0, 0.05) is 25.0 Å². The average Bonchev–Trinajstić information content (AvgIpc) is 3.38. The van der Waals surface area contributed by atoms with Crippen molar-refractivity contribution in [1.82, 2.24) is 24.6 Å². The molecule has 5 heterocycles. The van der Waals surface area contributed by atoms with Gasteiger partial charge in [0.05, 0.1) is 41.4 Å². The number of halogens is 3. The van der Waals surface area contributed by atoms with E-state index in [4.69, 9.17) is 21.3 Å². The molecule has 0 radical (unpaired) electrons. The van der Waals surface area contributed by atoms with Gasteiger partial charge in [0.25, 0.3) is 0 Å². The van der Waals surface area contributed by atoms with Gasteiger partial charge < -0.3 is 15.0 Å². The molecule has 7 nitrogen and oxygen atoms in total. The molecule has 0 aromatic carbocycles. The standard InChI is InChI=1S/C24H28ClN5O2.2ClH/c1-26-14-23(31)29-9-7-24(8-10-29)12-17(16-32-24)11-19-3-2-4-20(28-19)21-13-27-22-6-5-18(25)15-30(21)22;;/h2-6,13,15,17,26H,7-12,14,16H2,1H3;2*1H. The number of amides is 1. The highest BCUT2D eigenvalue weighted by Crippen LogP contribution is 2.39. The molecule has 2 saturated heterocycles. The Morgan fingerprint density at radius 2 is 2.03 bits per heavy atom. The minimum atomic E-state index is -0.0862. The molecule has 2 fully saturated rings. The van der Waals surface area contributed by atoms with E-state index in [9.17, 15) is 4.79 Å². The molecule has 0 aliphatic carbocycles. The van der Waals surface area contributed by atoms with Crippen LogP contribution in [0, 0.1) is 5.92 Å². The number of carbonyl (C=O) groups is 1. The van der Waals surface area contributed by atoms with Crippen molar-refractivity contribution in [1.29, 1.82) is 0 Å². The predicted molar refractivity (Wildman–Crippen MR) is 138 cm³/mol. The van der Waals surface area contributed by atoms with Gasteiger partial charge in [0.15, 0.2) is 0 Å². The first-order chi connectivity index (χ1) is 15.5. The van der Waals surface area contributed by atoms with E-state index < -0.39 is 0 Å². The lowest BCUT2D eigenvalue weighted by Gasteiger charge is -2.38. The molecule has 34 heavy (non-hydrogen) atoms. The molecule has 1 spiro atoms. The number of nitrogens with one attached hydrogen (secondary N) is 1. The second kappa shape index (κ2) is 11.2. The summed E-state index contributed by atoms with van der Waals surface area (Å²) >= 11 is 6.18. The maximum absolute atomic E-state index is 12.1. The summed E-state index contributed by atoms with van der Waals surface area (Å²) in [5, 5.41) is 3.61. The molecule has 3 aromatic heterocycles. The first-order valence-corrected chi connectivity index (χ1v) is 11.6. The van der Waals surface area contributed by atoms with Gasteiger partial charge in [0.1, 0.15) is 5.65 Å². The first kappa shape index (κ1) is 26.7. The third-order valence-corrected chi connectivity index (χ3v) is 6.90. The minimum Gasteiger partial charge on any atom is -0.375 e. The number of ether oxygens (including phenoxy) is 1. The highest BCUT2D eigenvalue weighted by Gasteiger charge is 2.43. The lowest BCUT2D eigenvalue weighted by molar-refractivity contribution is -0.134. The molecule has 1 atom stereocenters. The quantitative estimate of drug-likeness (QED) is 0.543. The summed E-state index contributed by atoms with van der Waals surface area (Å²) in [7, 11) is 1.81. The molecule has 0 bridgehead atoms. The Balaban J connectivity index is 0.00000162. The van der Waals surface area contributed by atoms with Gasteiger partial charge in [-0.25, -0.2) is 4.98 Å². The van der Waals surface area contributed by atoms with Gasteiger partial charge in [-0.05, 0) is 62.9 Å². The van der Waals surface area contributed by atoms with Gasteiger partial charge in [-0.3, -0.25) is 14.2 Å². The highest BCUT2D eigenvalue weighted by atomic mass is 35.5. The number of hydrogen-bond donors (Lipinski definition) is 1. The topological polar surface area (TPSA) is 71.8 Å². The molecular weight excluding hydrogens is 497 g/mol. The summed E-state index contributed by atoms with van der Waals surface area (Å²) in [5.74, 6) is 0.612. The normalized spacial score (nSPS) is 19.1. The van der Waals surface area contributed by atoms with Crippen LogP contribution in [0.1, 0.15) is 25.0 Å². The van der Waals surface area contributed by atoms with Crippen LogP contribution in [0.4, 0.5) is 0 Å². The number of pyridine rings is 2. The van der Waals surface area contributed by atoms with E-state index in [1.165, 1.54) is 0 Å². The SMILES string of the molecule is CNCC(=O)N1CCC2(CC1)CC(Cc1cccc(-c3cnc4ccc(Cl)cn34)n1)CO2.Cl.Cl. The Morgan fingerprint density at radius 1 is 1.24 bits per heavy atom. The molecule has 10 heteroatoms. The molecule has 1 N–H and O–H groups in total. The lowest BCUT2D eigenvalue weighted by atomic mass is 9.84. The molecule has 5 rings (SSSR count). The smallest absolute Gasteiger partial charge is 0.236 e. The van der Waals surface area contributed by atoms with E-state index in [2.05, 4.69) is 22.4 Å². The van der Waals surface area contributed by atoms with Crippen LogP contribution in [0.2, 0.25) is 5.02 Å². The van der Waals surface area contributed by atoms with Crippen LogP contribution >= 0.6 is 36.4 Å². The van der Waals surface area contributed by atoms with E-state index in [1.807, 2.05) is 46.9 Å². The third-order valence-electron chi connectivity index (χ3n) is 6.68. The maximum atomic E-state index is 12.1. The summed E-state index contributed by atoms with van der Waals surface area (Å²) in [4.78, 5) is 23.5. The van der Waals surface area contributed by atoms with Gasteiger partial charge >= 0.3 is 0 Å². The zero-order valence-electron chi connectivity index (χ0n) is 19.1. The largest absolute Gasteiger partial charge is 0.375 e. The summed E-state index contributed by atoms with van der Waals surface area (Å²) in [5.41, 5.74) is 3.65. The number of likely N-dealkylation sites (N-methyl/N-ethyl adjacent to an activating group) is 1. The van der Waals surface area contributed by atoms with E-state index in [0.717, 1.165) is 68.1 Å². The maximum Gasteiger partial charge on any atom is 0.236 e. The van der Waals surface area contributed by atoms with Crippen LogP contribution in [0.5, 0.6) is 0 Å². The average molecular weight is 527 g/mol. The zero-order chi connectivity index (χ0) is 22.1. The van der Waals surface area contributed by atoms with E-state index >= 15 is 0 Å². The number of nitrogens with zero attached hydrogens (tertiary/aromatic N) is 4. The Morgan fingerprint density at radius 3 is 2.79 bits per heavy atom. The van der Waals surface area contributed by atoms with Gasteiger partial charge in [-0.15, -0.1) is 24.8 Å². The van der Waals surface area contributed by atoms with Crippen molar-refractivity contribution >= 4 is 48.0 Å².